The van der Waals surface area contributed by atoms with Crippen LogP contribution in [-0.2, 0) is 9.59 Å². The number of hydrogen-bond acceptors (Lipinski definition) is 8. The van der Waals surface area contributed by atoms with Crippen molar-refractivity contribution in [1.29, 1.82) is 0 Å². The molecule has 0 spiro atoms. The van der Waals surface area contributed by atoms with E-state index in [1.807, 2.05) is 0 Å². The molecule has 0 radical (unpaired) electrons. The third kappa shape index (κ3) is 4.86. The first kappa shape index (κ1) is 17.5. The van der Waals surface area contributed by atoms with E-state index in [1.165, 1.54) is 6.21 Å². The molecule has 1 fully saturated rings. The van der Waals surface area contributed by atoms with Gasteiger partial charge in [-0.1, -0.05) is 23.9 Å². The van der Waals surface area contributed by atoms with Gasteiger partial charge in [0.15, 0.2) is 5.17 Å². The van der Waals surface area contributed by atoms with Crippen molar-refractivity contribution in [3.63, 3.8) is 0 Å². The van der Waals surface area contributed by atoms with Crippen molar-refractivity contribution in [3.8, 4) is 11.8 Å². The van der Waals surface area contributed by atoms with Crippen LogP contribution in [0.4, 0.5) is 0 Å². The predicted molar refractivity (Wildman–Crippen MR) is 95.4 cm³/mol. The van der Waals surface area contributed by atoms with Crippen molar-refractivity contribution in [2.75, 3.05) is 0 Å². The molecule has 2 N–H and O–H groups in total. The molecule has 1 aromatic heterocycles. The van der Waals surface area contributed by atoms with Crippen molar-refractivity contribution in [1.82, 2.24) is 15.3 Å². The summed E-state index contributed by atoms with van der Waals surface area (Å²) in [5.74, 6) is -0.885. The summed E-state index contributed by atoms with van der Waals surface area (Å²) in [4.78, 5) is 30.3. The molecule has 0 bridgehead atoms. The predicted octanol–water partition coefficient (Wildman–Crippen LogP) is 1.67. The van der Waals surface area contributed by atoms with E-state index in [-0.39, 0.29) is 23.5 Å². The second kappa shape index (κ2) is 8.21. The van der Waals surface area contributed by atoms with Gasteiger partial charge in [0.25, 0.3) is 0 Å². The molecule has 1 amide bonds. The lowest BCUT2D eigenvalue weighted by atomic mass is 10.2. The van der Waals surface area contributed by atoms with Crippen LogP contribution in [0.3, 0.4) is 0 Å². The maximum Gasteiger partial charge on any atom is 0.321 e. The van der Waals surface area contributed by atoms with Crippen LogP contribution in [0.1, 0.15) is 12.0 Å². The Kier molecular flexibility index (Phi) is 5.54. The Bertz CT molecular complexity index is 872. The Morgan fingerprint density at radius 3 is 2.92 bits per heavy atom. The standard InChI is InChI=1S/C16H13N5O4S/c22-13(23)8-12-14(24)20-16(26-12)21-19-9-10-3-1-4-11(7-10)25-15-17-5-2-6-18-15/h1-7,9,12H,8H2,(H,22,23)(H,20,21,24). The fraction of sp³-hybridized carbons (Fsp3) is 0.125. The fourth-order valence-electron chi connectivity index (χ4n) is 1.99. The van der Waals surface area contributed by atoms with Gasteiger partial charge >= 0.3 is 12.0 Å². The third-order valence-corrected chi connectivity index (χ3v) is 4.17. The van der Waals surface area contributed by atoms with E-state index in [0.717, 1.165) is 17.3 Å². The number of carbonyl (C=O) groups is 2. The van der Waals surface area contributed by atoms with Gasteiger partial charge in [0.1, 0.15) is 11.0 Å². The number of rotatable bonds is 6. The molecular formula is C16H13N5O4S. The quantitative estimate of drug-likeness (QED) is 0.584. The smallest absolute Gasteiger partial charge is 0.321 e. The van der Waals surface area contributed by atoms with E-state index in [2.05, 4.69) is 25.5 Å². The number of hydrogen-bond donors (Lipinski definition) is 2. The lowest BCUT2D eigenvalue weighted by Crippen LogP contribution is -2.26. The maximum atomic E-state index is 11.6. The number of amidine groups is 1. The number of aromatic nitrogens is 2. The normalized spacial score (nSPS) is 18.2. The number of carboxylic acids is 1. The van der Waals surface area contributed by atoms with Crippen LogP contribution in [0, 0.1) is 0 Å². The Morgan fingerprint density at radius 2 is 2.15 bits per heavy atom. The van der Waals surface area contributed by atoms with Gasteiger partial charge in [-0.05, 0) is 23.8 Å². The highest BCUT2D eigenvalue weighted by atomic mass is 32.2. The molecule has 3 rings (SSSR count). The minimum Gasteiger partial charge on any atom is -0.481 e. The summed E-state index contributed by atoms with van der Waals surface area (Å²) >= 11 is 1.04. The number of nitrogens with zero attached hydrogens (tertiary/aromatic N) is 4. The topological polar surface area (TPSA) is 126 Å². The number of carbonyl (C=O) groups excluding carboxylic acids is 1. The zero-order chi connectivity index (χ0) is 18.4. The zero-order valence-electron chi connectivity index (χ0n) is 13.3. The number of amides is 1. The second-order valence-corrected chi connectivity index (χ2v) is 6.24. The molecule has 26 heavy (non-hydrogen) atoms. The highest BCUT2D eigenvalue weighted by molar-refractivity contribution is 8.15. The molecule has 132 valence electrons. The van der Waals surface area contributed by atoms with Crippen LogP contribution in [0.5, 0.6) is 11.8 Å². The van der Waals surface area contributed by atoms with Gasteiger partial charge in [0.2, 0.25) is 5.91 Å². The lowest BCUT2D eigenvalue weighted by Gasteiger charge is -2.03. The van der Waals surface area contributed by atoms with Crippen molar-refractivity contribution in [2.45, 2.75) is 11.7 Å². The Labute approximate surface area is 152 Å². The van der Waals surface area contributed by atoms with Gasteiger partial charge in [-0.25, -0.2) is 9.97 Å². The number of aliphatic carboxylic acids is 1. The molecule has 0 aliphatic carbocycles. The summed E-state index contributed by atoms with van der Waals surface area (Å²) in [5.41, 5.74) is 0.721. The molecule has 1 aromatic carbocycles. The molecule has 1 saturated heterocycles. The first-order valence-corrected chi connectivity index (χ1v) is 8.33. The van der Waals surface area contributed by atoms with Crippen molar-refractivity contribution < 1.29 is 19.4 Å². The molecule has 2 aromatic rings. The largest absolute Gasteiger partial charge is 0.481 e. The summed E-state index contributed by atoms with van der Waals surface area (Å²) in [5, 5.41) is 18.6. The fourth-order valence-corrected chi connectivity index (χ4v) is 2.91. The summed E-state index contributed by atoms with van der Waals surface area (Å²) in [6.45, 7) is 0. The Morgan fingerprint density at radius 1 is 1.35 bits per heavy atom. The number of ether oxygens (including phenoxy) is 1. The van der Waals surface area contributed by atoms with E-state index in [1.54, 1.807) is 42.7 Å². The second-order valence-electron chi connectivity index (χ2n) is 5.05. The average molecular weight is 371 g/mol. The van der Waals surface area contributed by atoms with Crippen molar-refractivity contribution in [2.24, 2.45) is 10.2 Å². The number of carboxylic acid groups (broad SMARTS) is 1. The maximum absolute atomic E-state index is 11.6. The molecule has 1 atom stereocenters. The van der Waals surface area contributed by atoms with Crippen LogP contribution in [0.2, 0.25) is 0 Å². The van der Waals surface area contributed by atoms with Gasteiger partial charge in [0, 0.05) is 12.4 Å². The molecule has 9 nitrogen and oxygen atoms in total. The van der Waals surface area contributed by atoms with Gasteiger partial charge in [0.05, 0.1) is 12.6 Å². The van der Waals surface area contributed by atoms with Crippen molar-refractivity contribution >= 4 is 35.0 Å². The molecule has 1 aliphatic rings. The monoisotopic (exact) mass is 371 g/mol. The van der Waals surface area contributed by atoms with E-state index in [0.29, 0.717) is 5.75 Å². The van der Waals surface area contributed by atoms with Gasteiger partial charge < -0.3 is 15.2 Å². The molecular weight excluding hydrogens is 358 g/mol. The number of benzene rings is 1. The number of thioether (sulfide) groups is 1. The highest BCUT2D eigenvalue weighted by Gasteiger charge is 2.32. The third-order valence-electron chi connectivity index (χ3n) is 3.10. The van der Waals surface area contributed by atoms with Gasteiger partial charge in [-0.15, -0.1) is 5.10 Å². The first-order valence-electron chi connectivity index (χ1n) is 7.45. The SMILES string of the molecule is O=C(O)CC1SC(=NN=Cc2cccc(Oc3ncccn3)c2)NC1=O. The van der Waals surface area contributed by atoms with E-state index in [4.69, 9.17) is 9.84 Å². The van der Waals surface area contributed by atoms with Crippen molar-refractivity contribution in [3.05, 3.63) is 48.3 Å². The number of nitrogens with one attached hydrogen (secondary N) is 1. The highest BCUT2D eigenvalue weighted by Crippen LogP contribution is 2.22. The molecule has 1 unspecified atom stereocenters. The minimum atomic E-state index is -1.04. The summed E-state index contributed by atoms with van der Waals surface area (Å²) in [7, 11) is 0. The first-order chi connectivity index (χ1) is 12.6. The van der Waals surface area contributed by atoms with Crippen LogP contribution in [0.25, 0.3) is 0 Å². The van der Waals surface area contributed by atoms with E-state index in [9.17, 15) is 9.59 Å². The van der Waals surface area contributed by atoms with Crippen LogP contribution >= 0.6 is 11.8 Å². The summed E-state index contributed by atoms with van der Waals surface area (Å²) < 4.78 is 5.53. The van der Waals surface area contributed by atoms with Crippen LogP contribution < -0.4 is 10.1 Å². The lowest BCUT2D eigenvalue weighted by molar-refractivity contribution is -0.138. The van der Waals surface area contributed by atoms with Gasteiger partial charge in [-0.2, -0.15) is 5.10 Å². The van der Waals surface area contributed by atoms with Crippen LogP contribution in [0.15, 0.2) is 52.9 Å². The zero-order valence-corrected chi connectivity index (χ0v) is 14.1. The molecule has 0 saturated carbocycles. The van der Waals surface area contributed by atoms with E-state index >= 15 is 0 Å². The minimum absolute atomic E-state index is 0.233. The summed E-state index contributed by atoms with van der Waals surface area (Å²) in [6.07, 6.45) is 4.38. The van der Waals surface area contributed by atoms with Gasteiger partial charge in [-0.3, -0.25) is 9.59 Å². The summed E-state index contributed by atoms with van der Waals surface area (Å²) in [6, 6.07) is 8.99. The Hall–Kier alpha value is -3.27. The average Bonchev–Trinajstić information content (AvgIpc) is 2.95. The molecule has 10 heteroatoms. The molecule has 1 aliphatic heterocycles. The van der Waals surface area contributed by atoms with E-state index < -0.39 is 11.2 Å². The van der Waals surface area contributed by atoms with Crippen LogP contribution in [-0.4, -0.2) is 43.6 Å². The Balaban J connectivity index is 1.63. The molecule has 2 heterocycles.